The Balaban J connectivity index is 1.45. The van der Waals surface area contributed by atoms with Crippen molar-refractivity contribution in [1.29, 1.82) is 0 Å². The number of imidazole rings is 2. The Morgan fingerprint density at radius 1 is 0.745 bits per heavy atom. The van der Waals surface area contributed by atoms with Gasteiger partial charge in [-0.3, -0.25) is 33.9 Å². The van der Waals surface area contributed by atoms with Crippen LogP contribution in [0.1, 0.15) is 66.9 Å². The van der Waals surface area contributed by atoms with E-state index in [1.165, 1.54) is 69.5 Å². The number of aryl methyl sites for hydroxylation is 5. The van der Waals surface area contributed by atoms with E-state index in [0.717, 1.165) is 4.57 Å². The Kier molecular flexibility index (Phi) is 9.70. The van der Waals surface area contributed by atoms with Crippen LogP contribution in [0.3, 0.4) is 0 Å². The molecule has 4 aromatic heterocycles. The fourth-order valence-electron chi connectivity index (χ4n) is 6.27. The number of carbonyl (C=O) groups is 4. The Morgan fingerprint density at radius 2 is 1.27 bits per heavy atom. The quantitative estimate of drug-likeness (QED) is 0.158. The number of nitrogens with one attached hydrogen (secondary N) is 1. The summed E-state index contributed by atoms with van der Waals surface area (Å²) in [6, 6.07) is 10.2. The fourth-order valence-corrected chi connectivity index (χ4v) is 6.27. The van der Waals surface area contributed by atoms with Crippen molar-refractivity contribution >= 4 is 51.6 Å². The maximum atomic E-state index is 16.3. The monoisotopic (exact) mass is 764 g/mol. The van der Waals surface area contributed by atoms with Crippen LogP contribution in [0, 0.1) is 13.8 Å². The average Bonchev–Trinajstić information content (AvgIpc) is 3.86. The normalized spacial score (nSPS) is 12.6. The predicted octanol–water partition coefficient (Wildman–Crippen LogP) is 3.54. The number of anilines is 1. The van der Waals surface area contributed by atoms with Crippen molar-refractivity contribution in [1.82, 2.24) is 38.2 Å². The Hall–Kier alpha value is -6.60. The molecule has 20 heteroatoms. The van der Waals surface area contributed by atoms with Crippen molar-refractivity contribution in [2.75, 3.05) is 5.32 Å². The van der Waals surface area contributed by atoms with Crippen molar-refractivity contribution in [3.63, 3.8) is 0 Å². The number of hydrogen-bond acceptors (Lipinski definition) is 7. The number of primary amides is 2. The zero-order valence-electron chi connectivity index (χ0n) is 30.3. The van der Waals surface area contributed by atoms with E-state index in [9.17, 15) is 19.2 Å². The van der Waals surface area contributed by atoms with Gasteiger partial charge in [-0.25, -0.2) is 4.98 Å². The van der Waals surface area contributed by atoms with E-state index >= 15 is 17.6 Å². The lowest BCUT2D eigenvalue weighted by Crippen LogP contribution is -2.48. The van der Waals surface area contributed by atoms with Gasteiger partial charge in [0.25, 0.3) is 11.8 Å². The van der Waals surface area contributed by atoms with Gasteiger partial charge in [0.05, 0.1) is 46.5 Å². The van der Waals surface area contributed by atoms with Crippen molar-refractivity contribution < 1.29 is 36.7 Å². The number of rotatable bonds is 12. The molecule has 0 unspecified atom stereocenters. The molecule has 0 saturated heterocycles. The molecule has 0 aliphatic rings. The first-order chi connectivity index (χ1) is 25.8. The molecule has 0 spiro atoms. The van der Waals surface area contributed by atoms with Gasteiger partial charge in [-0.15, -0.1) is 0 Å². The summed E-state index contributed by atoms with van der Waals surface area (Å²) in [5.74, 6) is -13.6. The summed E-state index contributed by atoms with van der Waals surface area (Å²) in [4.78, 5) is 59.0. The van der Waals surface area contributed by atoms with Crippen LogP contribution < -0.4 is 22.4 Å². The molecule has 0 aliphatic heterocycles. The highest BCUT2D eigenvalue weighted by Crippen LogP contribution is 2.39. The van der Waals surface area contributed by atoms with Gasteiger partial charge >= 0.3 is 11.8 Å². The third-order valence-corrected chi connectivity index (χ3v) is 9.02. The van der Waals surface area contributed by atoms with Crippen LogP contribution in [0.2, 0.25) is 0 Å². The second kappa shape index (κ2) is 14.0. The molecule has 6 rings (SSSR count). The number of alkyl halides is 4. The van der Waals surface area contributed by atoms with E-state index in [1.54, 1.807) is 27.7 Å². The van der Waals surface area contributed by atoms with E-state index < -0.39 is 60.1 Å². The molecule has 4 amide bonds. The molecule has 0 atom stereocenters. The second-order valence-corrected chi connectivity index (χ2v) is 12.9. The molecule has 288 valence electrons. The van der Waals surface area contributed by atoms with Gasteiger partial charge in [0.1, 0.15) is 11.4 Å². The lowest BCUT2D eigenvalue weighted by Gasteiger charge is -2.28. The molecule has 0 radical (unpaired) electrons. The van der Waals surface area contributed by atoms with Gasteiger partial charge in [0.2, 0.25) is 23.4 Å². The summed E-state index contributed by atoms with van der Waals surface area (Å²) < 4.78 is 70.7. The summed E-state index contributed by atoms with van der Waals surface area (Å²) in [6.07, 6.45) is 0. The number of hydrogen-bond donors (Lipinski definition) is 3. The number of aromatic nitrogens is 8. The number of nitrogens with zero attached hydrogens (tertiary/aromatic N) is 9. The maximum absolute atomic E-state index is 16.3. The van der Waals surface area contributed by atoms with E-state index in [1.807, 2.05) is 0 Å². The highest BCUT2D eigenvalue weighted by Gasteiger charge is 2.57. The Labute approximate surface area is 309 Å². The van der Waals surface area contributed by atoms with Gasteiger partial charge in [0, 0.05) is 31.3 Å². The number of halogens is 4. The van der Waals surface area contributed by atoms with Gasteiger partial charge in [-0.2, -0.15) is 32.8 Å². The number of carbonyl (C=O) groups excluding carboxylic acids is 4. The molecule has 0 saturated carbocycles. The van der Waals surface area contributed by atoms with Crippen LogP contribution in [-0.4, -0.2) is 73.7 Å². The van der Waals surface area contributed by atoms with Gasteiger partial charge < -0.3 is 25.2 Å². The molecule has 55 heavy (non-hydrogen) atoms. The van der Waals surface area contributed by atoms with Crippen LogP contribution in [0.25, 0.3) is 22.1 Å². The third-order valence-electron chi connectivity index (χ3n) is 9.02. The van der Waals surface area contributed by atoms with Crippen LogP contribution in [-0.2, 0) is 33.2 Å². The largest absolute Gasteiger partial charge is 0.366 e. The zero-order valence-corrected chi connectivity index (χ0v) is 30.3. The lowest BCUT2D eigenvalue weighted by molar-refractivity contribution is -0.221. The molecular weight excluding hydrogens is 728 g/mol. The SMILES string of the molecule is CCn1nc(C)cc1C(=O)N=c1n(C)c2cc(C(N)=O)ccc2n1CC(F)(F)C(F)(F)Cn1c(NC(=O)c2cc(C)nn2CC)nc2cc(C(N)=O)ccc21. The molecule has 4 heterocycles. The van der Waals surface area contributed by atoms with E-state index in [4.69, 9.17) is 11.5 Å². The Bertz CT molecular complexity index is 2610. The minimum absolute atomic E-state index is 0.00639. The molecule has 6 aromatic rings. The molecule has 2 aromatic carbocycles. The predicted molar refractivity (Wildman–Crippen MR) is 191 cm³/mol. The first-order valence-electron chi connectivity index (χ1n) is 16.9. The molecule has 0 aliphatic carbocycles. The number of benzene rings is 2. The van der Waals surface area contributed by atoms with Crippen LogP contribution in [0.4, 0.5) is 23.5 Å². The van der Waals surface area contributed by atoms with Crippen LogP contribution in [0.15, 0.2) is 53.5 Å². The molecule has 16 nitrogen and oxygen atoms in total. The van der Waals surface area contributed by atoms with Crippen molar-refractivity contribution in [2.24, 2.45) is 23.5 Å². The number of fused-ring (bicyclic) bond motifs is 2. The van der Waals surface area contributed by atoms with Crippen molar-refractivity contribution in [3.8, 4) is 0 Å². The molecule has 5 N–H and O–H groups in total. The summed E-state index contributed by atoms with van der Waals surface area (Å²) in [6.45, 7) is 3.92. The zero-order chi connectivity index (χ0) is 40.1. The molecule has 0 fully saturated rings. The smallest absolute Gasteiger partial charge is 0.329 e. The standard InChI is InChI=1S/C35H36F4N12O4/c1-6-50-26(12-18(3)45-50)30(54)43-32-42-22-14-20(28(40)52)8-10-23(22)48(32)16-34(36,37)35(38,39)17-49-24-11-9-21(29(41)53)15-25(24)47(5)33(49)44-31(55)27-13-19(4)46-51(27)7-2/h8-15H,6-7,16-17H2,1-5H3,(H2,40,52)(H2,41,53)(H,42,43,54). The topological polar surface area (TPSA) is 208 Å². The minimum atomic E-state index is -4.87. The Morgan fingerprint density at radius 3 is 1.85 bits per heavy atom. The van der Waals surface area contributed by atoms with Crippen molar-refractivity contribution in [2.45, 2.75) is 65.7 Å². The summed E-state index contributed by atoms with van der Waals surface area (Å²) in [5, 5.41) is 10.8. The minimum Gasteiger partial charge on any atom is -0.366 e. The highest BCUT2D eigenvalue weighted by atomic mass is 19.3. The lowest BCUT2D eigenvalue weighted by atomic mass is 10.1. The van der Waals surface area contributed by atoms with Crippen LogP contribution in [0.5, 0.6) is 0 Å². The summed E-state index contributed by atoms with van der Waals surface area (Å²) in [7, 11) is 1.37. The van der Waals surface area contributed by atoms with Crippen LogP contribution >= 0.6 is 0 Å². The first-order valence-corrected chi connectivity index (χ1v) is 16.9. The van der Waals surface area contributed by atoms with E-state index in [-0.39, 0.29) is 57.7 Å². The van der Waals surface area contributed by atoms with E-state index in [2.05, 4.69) is 25.5 Å². The van der Waals surface area contributed by atoms with E-state index in [0.29, 0.717) is 16.0 Å². The summed E-state index contributed by atoms with van der Waals surface area (Å²) in [5.41, 5.74) is 11.3. The maximum Gasteiger partial charge on any atom is 0.329 e. The number of amides is 4. The van der Waals surface area contributed by atoms with Gasteiger partial charge in [0.15, 0.2) is 0 Å². The third kappa shape index (κ3) is 6.97. The fraction of sp³-hybridized carbons (Fsp3) is 0.314. The molecule has 0 bridgehead atoms. The van der Waals surface area contributed by atoms with Gasteiger partial charge in [-0.05, 0) is 76.2 Å². The first kappa shape index (κ1) is 38.1. The summed E-state index contributed by atoms with van der Waals surface area (Å²) >= 11 is 0. The average molecular weight is 765 g/mol. The van der Waals surface area contributed by atoms with Gasteiger partial charge in [-0.1, -0.05) is 0 Å². The number of nitrogens with two attached hydrogens (primary N) is 2. The highest BCUT2D eigenvalue weighted by molar-refractivity contribution is 6.03. The molecular formula is C35H36F4N12O4. The van der Waals surface area contributed by atoms with Crippen molar-refractivity contribution in [3.05, 3.63) is 88.1 Å². The second-order valence-electron chi connectivity index (χ2n) is 12.9.